The van der Waals surface area contributed by atoms with Crippen molar-refractivity contribution in [2.45, 2.75) is 33.2 Å². The van der Waals surface area contributed by atoms with Crippen molar-refractivity contribution in [2.75, 3.05) is 22.6 Å². The van der Waals surface area contributed by atoms with Gasteiger partial charge in [0.2, 0.25) is 0 Å². The number of benzene rings is 1. The largest absolute Gasteiger partial charge is 0.399 e. The van der Waals surface area contributed by atoms with E-state index in [0.717, 1.165) is 5.69 Å². The molecule has 1 aromatic carbocycles. The molecule has 0 amide bonds. The number of nitrogens with two attached hydrogens (primary N) is 1. The molecule has 3 N–H and O–H groups in total. The fraction of sp³-hybridized carbons (Fsp3) is 0.538. The minimum absolute atomic E-state index is 0.515. The lowest BCUT2D eigenvalue weighted by molar-refractivity contribution is 0.770. The van der Waals surface area contributed by atoms with Gasteiger partial charge in [-0.25, -0.2) is 0 Å². The van der Waals surface area contributed by atoms with Crippen molar-refractivity contribution in [3.05, 3.63) is 23.8 Å². The van der Waals surface area contributed by atoms with Crippen LogP contribution in [0.3, 0.4) is 0 Å². The van der Waals surface area contributed by atoms with Gasteiger partial charge in [0.25, 0.3) is 0 Å². The maximum atomic E-state index is 5.73. The van der Waals surface area contributed by atoms with Crippen LogP contribution in [-0.2, 0) is 0 Å². The molecule has 0 aliphatic carbocycles. The molecule has 0 bridgehead atoms. The van der Waals surface area contributed by atoms with Crippen LogP contribution in [-0.4, -0.2) is 17.5 Å². The third-order valence-electron chi connectivity index (χ3n) is 2.55. The predicted molar refractivity (Wildman–Crippen MR) is 76.3 cm³/mol. The molecule has 0 aromatic heterocycles. The predicted octanol–water partition coefficient (Wildman–Crippen LogP) is 3.52. The Labute approximate surface area is 103 Å². The Morgan fingerprint density at radius 3 is 2.81 bits per heavy atom. The first-order valence-electron chi connectivity index (χ1n) is 5.84. The Morgan fingerprint density at radius 2 is 2.19 bits per heavy atom. The fourth-order valence-corrected chi connectivity index (χ4v) is 2.40. The van der Waals surface area contributed by atoms with Crippen LogP contribution in [0.4, 0.5) is 11.4 Å². The summed E-state index contributed by atoms with van der Waals surface area (Å²) < 4.78 is 0. The molecule has 0 aliphatic heterocycles. The summed E-state index contributed by atoms with van der Waals surface area (Å²) >= 11 is 1.99. The first-order chi connectivity index (χ1) is 7.63. The Kier molecular flexibility index (Phi) is 5.53. The number of rotatable bonds is 6. The molecular weight excluding hydrogens is 216 g/mol. The number of aryl methyl sites for hydroxylation is 1. The molecule has 1 rings (SSSR count). The van der Waals surface area contributed by atoms with Crippen molar-refractivity contribution in [1.82, 2.24) is 0 Å². The summed E-state index contributed by atoms with van der Waals surface area (Å²) in [6, 6.07) is 6.54. The van der Waals surface area contributed by atoms with Crippen LogP contribution < -0.4 is 11.1 Å². The van der Waals surface area contributed by atoms with E-state index in [2.05, 4.69) is 32.2 Å². The highest BCUT2D eigenvalue weighted by Gasteiger charge is 2.04. The van der Waals surface area contributed by atoms with Crippen LogP contribution in [0, 0.1) is 6.92 Å². The number of thioether (sulfide) groups is 1. The van der Waals surface area contributed by atoms with E-state index in [1.165, 1.54) is 29.2 Å². The Morgan fingerprint density at radius 1 is 1.44 bits per heavy atom. The molecular formula is C13H22N2S. The van der Waals surface area contributed by atoms with Gasteiger partial charge in [0.1, 0.15) is 0 Å². The summed E-state index contributed by atoms with van der Waals surface area (Å²) in [4.78, 5) is 0. The van der Waals surface area contributed by atoms with Gasteiger partial charge in [0.05, 0.1) is 0 Å². The summed E-state index contributed by atoms with van der Waals surface area (Å²) in [5.74, 6) is 2.42. The second-order valence-corrected chi connectivity index (χ2v) is 5.50. The molecule has 0 radical (unpaired) electrons. The van der Waals surface area contributed by atoms with Crippen molar-refractivity contribution in [3.63, 3.8) is 0 Å². The Bertz CT molecular complexity index is 326. The van der Waals surface area contributed by atoms with Crippen LogP contribution in [0.2, 0.25) is 0 Å². The van der Waals surface area contributed by atoms with Gasteiger partial charge in [-0.1, -0.05) is 6.92 Å². The van der Waals surface area contributed by atoms with E-state index in [0.29, 0.717) is 6.04 Å². The zero-order valence-electron chi connectivity index (χ0n) is 10.4. The van der Waals surface area contributed by atoms with Gasteiger partial charge in [-0.3, -0.25) is 0 Å². The SMILES string of the molecule is CCSCCC(C)Nc1ccc(N)cc1C. The summed E-state index contributed by atoms with van der Waals surface area (Å²) in [6.45, 7) is 6.52. The standard InChI is InChI=1S/C13H22N2S/c1-4-16-8-7-11(3)15-13-6-5-12(14)9-10(13)2/h5-6,9,11,15H,4,7-8,14H2,1-3H3. The Hall–Kier alpha value is -0.830. The number of hydrogen-bond donors (Lipinski definition) is 2. The molecule has 0 aliphatic rings. The average molecular weight is 238 g/mol. The maximum absolute atomic E-state index is 5.73. The summed E-state index contributed by atoms with van der Waals surface area (Å²) in [6.07, 6.45) is 1.20. The molecule has 3 heteroatoms. The van der Waals surface area contributed by atoms with E-state index < -0.39 is 0 Å². The van der Waals surface area contributed by atoms with Gasteiger partial charge in [-0.05, 0) is 55.5 Å². The van der Waals surface area contributed by atoms with Crippen molar-refractivity contribution < 1.29 is 0 Å². The zero-order chi connectivity index (χ0) is 12.0. The van der Waals surface area contributed by atoms with Gasteiger partial charge in [-0.2, -0.15) is 11.8 Å². The highest BCUT2D eigenvalue weighted by molar-refractivity contribution is 7.99. The van der Waals surface area contributed by atoms with Crippen LogP contribution >= 0.6 is 11.8 Å². The molecule has 0 fully saturated rings. The van der Waals surface area contributed by atoms with E-state index in [-0.39, 0.29) is 0 Å². The zero-order valence-corrected chi connectivity index (χ0v) is 11.2. The van der Waals surface area contributed by atoms with E-state index in [9.17, 15) is 0 Å². The second-order valence-electron chi connectivity index (χ2n) is 4.11. The summed E-state index contributed by atoms with van der Waals surface area (Å²) in [5.41, 5.74) is 8.97. The van der Waals surface area contributed by atoms with Gasteiger partial charge < -0.3 is 11.1 Å². The molecule has 2 nitrogen and oxygen atoms in total. The van der Waals surface area contributed by atoms with Gasteiger partial charge in [0.15, 0.2) is 0 Å². The lowest BCUT2D eigenvalue weighted by Crippen LogP contribution is -2.16. The minimum atomic E-state index is 0.515. The number of nitrogens with one attached hydrogen (secondary N) is 1. The van der Waals surface area contributed by atoms with Crippen LogP contribution in [0.25, 0.3) is 0 Å². The monoisotopic (exact) mass is 238 g/mol. The number of nitrogen functional groups attached to an aromatic ring is 1. The van der Waals surface area contributed by atoms with Gasteiger partial charge >= 0.3 is 0 Å². The molecule has 1 atom stereocenters. The third kappa shape index (κ3) is 4.35. The molecule has 1 unspecified atom stereocenters. The molecule has 0 saturated carbocycles. The van der Waals surface area contributed by atoms with Crippen molar-refractivity contribution >= 4 is 23.1 Å². The highest BCUT2D eigenvalue weighted by atomic mass is 32.2. The first-order valence-corrected chi connectivity index (χ1v) is 6.99. The molecule has 0 heterocycles. The molecule has 90 valence electrons. The molecule has 16 heavy (non-hydrogen) atoms. The van der Waals surface area contributed by atoms with Crippen LogP contribution in [0.15, 0.2) is 18.2 Å². The normalized spacial score (nSPS) is 12.4. The smallest absolute Gasteiger partial charge is 0.0373 e. The molecule has 1 aromatic rings. The van der Waals surface area contributed by atoms with E-state index in [1.807, 2.05) is 23.9 Å². The average Bonchev–Trinajstić information content (AvgIpc) is 2.23. The van der Waals surface area contributed by atoms with E-state index in [4.69, 9.17) is 5.73 Å². The highest BCUT2D eigenvalue weighted by Crippen LogP contribution is 2.19. The second kappa shape index (κ2) is 6.69. The van der Waals surface area contributed by atoms with Crippen LogP contribution in [0.5, 0.6) is 0 Å². The first kappa shape index (κ1) is 13.2. The molecule has 0 saturated heterocycles. The third-order valence-corrected chi connectivity index (χ3v) is 3.48. The fourth-order valence-electron chi connectivity index (χ4n) is 1.59. The van der Waals surface area contributed by atoms with E-state index in [1.54, 1.807) is 0 Å². The lowest BCUT2D eigenvalue weighted by atomic mass is 10.1. The summed E-state index contributed by atoms with van der Waals surface area (Å²) in [5, 5.41) is 3.53. The van der Waals surface area contributed by atoms with Crippen molar-refractivity contribution in [1.29, 1.82) is 0 Å². The Balaban J connectivity index is 2.46. The maximum Gasteiger partial charge on any atom is 0.0373 e. The minimum Gasteiger partial charge on any atom is -0.399 e. The van der Waals surface area contributed by atoms with Crippen molar-refractivity contribution in [3.8, 4) is 0 Å². The topological polar surface area (TPSA) is 38.0 Å². The quantitative estimate of drug-likeness (QED) is 0.588. The number of anilines is 2. The number of hydrogen-bond acceptors (Lipinski definition) is 3. The van der Waals surface area contributed by atoms with Crippen LogP contribution in [0.1, 0.15) is 25.8 Å². The summed E-state index contributed by atoms with van der Waals surface area (Å²) in [7, 11) is 0. The van der Waals surface area contributed by atoms with Crippen molar-refractivity contribution in [2.24, 2.45) is 0 Å². The lowest BCUT2D eigenvalue weighted by Gasteiger charge is -2.17. The molecule has 0 spiro atoms. The van der Waals surface area contributed by atoms with E-state index >= 15 is 0 Å². The van der Waals surface area contributed by atoms with Gasteiger partial charge in [0, 0.05) is 17.4 Å². The van der Waals surface area contributed by atoms with Gasteiger partial charge in [-0.15, -0.1) is 0 Å².